The summed E-state index contributed by atoms with van der Waals surface area (Å²) < 4.78 is 0. The van der Waals surface area contributed by atoms with Gasteiger partial charge in [-0.05, 0) is 55.9 Å². The van der Waals surface area contributed by atoms with Crippen molar-refractivity contribution >= 4 is 11.8 Å². The second-order valence-corrected chi connectivity index (χ2v) is 7.81. The minimum absolute atomic E-state index is 0.00998. The van der Waals surface area contributed by atoms with E-state index in [1.54, 1.807) is 0 Å². The highest BCUT2D eigenvalue weighted by atomic mass is 16.2. The monoisotopic (exact) mass is 362 g/mol. The van der Waals surface area contributed by atoms with Crippen LogP contribution in [-0.4, -0.2) is 35.8 Å². The van der Waals surface area contributed by atoms with Crippen molar-refractivity contribution in [2.24, 2.45) is 5.92 Å². The number of fused-ring (bicyclic) bond motifs is 1. The zero-order valence-corrected chi connectivity index (χ0v) is 15.8. The summed E-state index contributed by atoms with van der Waals surface area (Å²) in [6, 6.07) is 16.3. The number of benzene rings is 2. The number of carbonyl (C=O) groups excluding carboxylic acids is 2. The SMILES string of the molecule is Cc1ccc(C(=O)N2CCC(C(=O)NC3Cc4ccccc4C3)CC2)cc1. The highest BCUT2D eigenvalue weighted by Gasteiger charge is 2.30. The molecule has 0 aromatic heterocycles. The molecule has 0 saturated carbocycles. The molecule has 1 saturated heterocycles. The molecule has 4 nitrogen and oxygen atoms in total. The first-order valence-electron chi connectivity index (χ1n) is 9.83. The summed E-state index contributed by atoms with van der Waals surface area (Å²) in [6.07, 6.45) is 3.32. The van der Waals surface area contributed by atoms with E-state index in [9.17, 15) is 9.59 Å². The van der Waals surface area contributed by atoms with Crippen LogP contribution >= 0.6 is 0 Å². The van der Waals surface area contributed by atoms with Gasteiger partial charge in [-0.3, -0.25) is 9.59 Å². The maximum Gasteiger partial charge on any atom is 0.253 e. The number of nitrogens with zero attached hydrogens (tertiary/aromatic N) is 1. The number of hydrogen-bond acceptors (Lipinski definition) is 2. The fourth-order valence-electron chi connectivity index (χ4n) is 4.20. The van der Waals surface area contributed by atoms with Crippen molar-refractivity contribution in [3.63, 3.8) is 0 Å². The minimum Gasteiger partial charge on any atom is -0.352 e. The van der Waals surface area contributed by atoms with Gasteiger partial charge in [0.05, 0.1) is 0 Å². The molecule has 1 aliphatic heterocycles. The molecular formula is C23H26N2O2. The summed E-state index contributed by atoms with van der Waals surface area (Å²) in [7, 11) is 0. The lowest BCUT2D eigenvalue weighted by molar-refractivity contribution is -0.126. The number of rotatable bonds is 3. The van der Waals surface area contributed by atoms with Crippen LogP contribution in [0.15, 0.2) is 48.5 Å². The van der Waals surface area contributed by atoms with Gasteiger partial charge in [0.15, 0.2) is 0 Å². The Hall–Kier alpha value is -2.62. The first-order valence-corrected chi connectivity index (χ1v) is 9.83. The number of amides is 2. The molecule has 4 heteroatoms. The van der Waals surface area contributed by atoms with Crippen molar-refractivity contribution in [2.45, 2.75) is 38.6 Å². The molecule has 2 aromatic rings. The van der Waals surface area contributed by atoms with Crippen molar-refractivity contribution in [3.8, 4) is 0 Å². The summed E-state index contributed by atoms with van der Waals surface area (Å²) in [4.78, 5) is 27.2. The van der Waals surface area contributed by atoms with Crippen LogP contribution in [0.25, 0.3) is 0 Å². The normalized spacial score (nSPS) is 17.6. The molecule has 1 N–H and O–H groups in total. The van der Waals surface area contributed by atoms with E-state index in [2.05, 4.69) is 29.6 Å². The maximum atomic E-state index is 12.7. The average Bonchev–Trinajstić information content (AvgIpc) is 3.10. The van der Waals surface area contributed by atoms with Crippen molar-refractivity contribution in [2.75, 3.05) is 13.1 Å². The largest absolute Gasteiger partial charge is 0.352 e. The van der Waals surface area contributed by atoms with Crippen LogP contribution in [-0.2, 0) is 17.6 Å². The molecule has 1 aliphatic carbocycles. The van der Waals surface area contributed by atoms with E-state index in [0.29, 0.717) is 13.1 Å². The standard InChI is InChI=1S/C23H26N2O2/c1-16-6-8-18(9-7-16)23(27)25-12-10-17(11-13-25)22(26)24-21-14-19-4-2-3-5-20(19)15-21/h2-9,17,21H,10-15H2,1H3,(H,24,26). The van der Waals surface area contributed by atoms with E-state index in [-0.39, 0.29) is 23.8 Å². The van der Waals surface area contributed by atoms with Gasteiger partial charge in [-0.25, -0.2) is 0 Å². The van der Waals surface area contributed by atoms with E-state index < -0.39 is 0 Å². The summed E-state index contributed by atoms with van der Waals surface area (Å²) in [5.74, 6) is 0.228. The Balaban J connectivity index is 1.28. The molecule has 0 unspecified atom stereocenters. The molecule has 0 spiro atoms. The maximum absolute atomic E-state index is 12.7. The van der Waals surface area contributed by atoms with Gasteiger partial charge in [-0.15, -0.1) is 0 Å². The Kier molecular flexibility index (Phi) is 4.97. The van der Waals surface area contributed by atoms with Crippen LogP contribution in [0.5, 0.6) is 0 Å². The van der Waals surface area contributed by atoms with E-state index in [0.717, 1.165) is 36.8 Å². The lowest BCUT2D eigenvalue weighted by Gasteiger charge is -2.32. The van der Waals surface area contributed by atoms with Crippen molar-refractivity contribution in [1.82, 2.24) is 10.2 Å². The van der Waals surface area contributed by atoms with Crippen LogP contribution in [0, 0.1) is 12.8 Å². The van der Waals surface area contributed by atoms with Crippen LogP contribution in [0.4, 0.5) is 0 Å². The topological polar surface area (TPSA) is 49.4 Å². The van der Waals surface area contributed by atoms with Crippen LogP contribution < -0.4 is 5.32 Å². The predicted molar refractivity (Wildman–Crippen MR) is 106 cm³/mol. The number of likely N-dealkylation sites (tertiary alicyclic amines) is 1. The van der Waals surface area contributed by atoms with Gasteiger partial charge in [0, 0.05) is 30.6 Å². The fraction of sp³-hybridized carbons (Fsp3) is 0.391. The van der Waals surface area contributed by atoms with E-state index in [1.165, 1.54) is 11.1 Å². The van der Waals surface area contributed by atoms with Gasteiger partial charge < -0.3 is 10.2 Å². The van der Waals surface area contributed by atoms with Crippen LogP contribution in [0.3, 0.4) is 0 Å². The van der Waals surface area contributed by atoms with Gasteiger partial charge >= 0.3 is 0 Å². The average molecular weight is 362 g/mol. The summed E-state index contributed by atoms with van der Waals surface area (Å²) in [6.45, 7) is 3.31. The Morgan fingerprint density at radius 3 is 2.11 bits per heavy atom. The summed E-state index contributed by atoms with van der Waals surface area (Å²) in [5.41, 5.74) is 4.57. The van der Waals surface area contributed by atoms with Crippen molar-refractivity contribution in [3.05, 3.63) is 70.8 Å². The lowest BCUT2D eigenvalue weighted by Crippen LogP contribution is -2.45. The predicted octanol–water partition coefficient (Wildman–Crippen LogP) is 3.13. The second kappa shape index (κ2) is 7.55. The lowest BCUT2D eigenvalue weighted by atomic mass is 9.95. The zero-order valence-electron chi connectivity index (χ0n) is 15.8. The van der Waals surface area contributed by atoms with E-state index in [4.69, 9.17) is 0 Å². The quantitative estimate of drug-likeness (QED) is 0.912. The molecule has 2 aromatic carbocycles. The van der Waals surface area contributed by atoms with Gasteiger partial charge in [0.1, 0.15) is 0 Å². The highest BCUT2D eigenvalue weighted by molar-refractivity contribution is 5.94. The Labute approximate surface area is 160 Å². The summed E-state index contributed by atoms with van der Waals surface area (Å²) >= 11 is 0. The molecule has 1 heterocycles. The number of aryl methyl sites for hydroxylation is 1. The molecule has 4 rings (SSSR count). The van der Waals surface area contributed by atoms with Gasteiger partial charge in [-0.2, -0.15) is 0 Å². The smallest absolute Gasteiger partial charge is 0.253 e. The first kappa shape index (κ1) is 17.8. The Morgan fingerprint density at radius 1 is 0.926 bits per heavy atom. The second-order valence-electron chi connectivity index (χ2n) is 7.81. The molecule has 2 aliphatic rings. The molecular weight excluding hydrogens is 336 g/mol. The van der Waals surface area contributed by atoms with Crippen molar-refractivity contribution in [1.29, 1.82) is 0 Å². The molecule has 2 amide bonds. The van der Waals surface area contributed by atoms with E-state index in [1.807, 2.05) is 36.1 Å². The number of nitrogens with one attached hydrogen (secondary N) is 1. The fourth-order valence-corrected chi connectivity index (χ4v) is 4.20. The molecule has 140 valence electrons. The number of carbonyl (C=O) groups is 2. The molecule has 0 atom stereocenters. The molecule has 27 heavy (non-hydrogen) atoms. The third-order valence-corrected chi connectivity index (χ3v) is 5.85. The molecule has 0 radical (unpaired) electrons. The van der Waals surface area contributed by atoms with Gasteiger partial charge in [0.2, 0.25) is 5.91 Å². The van der Waals surface area contributed by atoms with Gasteiger partial charge in [0.25, 0.3) is 5.91 Å². The summed E-state index contributed by atoms with van der Waals surface area (Å²) in [5, 5.41) is 3.24. The molecule has 0 bridgehead atoms. The third-order valence-electron chi connectivity index (χ3n) is 5.85. The van der Waals surface area contributed by atoms with Crippen LogP contribution in [0.1, 0.15) is 39.9 Å². The highest BCUT2D eigenvalue weighted by Crippen LogP contribution is 2.24. The van der Waals surface area contributed by atoms with Gasteiger partial charge in [-0.1, -0.05) is 42.0 Å². The molecule has 1 fully saturated rings. The zero-order chi connectivity index (χ0) is 18.8. The first-order chi connectivity index (χ1) is 13.1. The Bertz CT molecular complexity index is 811. The minimum atomic E-state index is 0.00998. The third kappa shape index (κ3) is 3.90. The van der Waals surface area contributed by atoms with E-state index >= 15 is 0 Å². The Morgan fingerprint density at radius 2 is 1.52 bits per heavy atom. The number of piperidine rings is 1. The van der Waals surface area contributed by atoms with Crippen molar-refractivity contribution < 1.29 is 9.59 Å². The number of hydrogen-bond donors (Lipinski definition) is 1. The van der Waals surface area contributed by atoms with Crippen LogP contribution in [0.2, 0.25) is 0 Å².